The molecule has 17 heavy (non-hydrogen) atoms. The molecule has 1 heterocycles. The van der Waals surface area contributed by atoms with E-state index in [0.717, 1.165) is 25.9 Å². The maximum Gasteiger partial charge on any atom is 0.146 e. The van der Waals surface area contributed by atoms with Crippen LogP contribution in [0.25, 0.3) is 0 Å². The van der Waals surface area contributed by atoms with Crippen molar-refractivity contribution in [3.05, 3.63) is 29.6 Å². The van der Waals surface area contributed by atoms with Gasteiger partial charge >= 0.3 is 0 Å². The Morgan fingerprint density at radius 2 is 2.18 bits per heavy atom. The van der Waals surface area contributed by atoms with E-state index in [1.54, 1.807) is 12.1 Å². The maximum absolute atomic E-state index is 13.8. The van der Waals surface area contributed by atoms with Crippen LogP contribution < -0.4 is 4.90 Å². The molecule has 0 amide bonds. The zero-order valence-electron chi connectivity index (χ0n) is 9.77. The number of aliphatic hydroxyl groups excluding tert-OH is 2. The molecular formula is C13H18FNO2. The SMILES string of the molecule is OCCC1CCN(c2ccc(CO)cc2F)C1. The zero-order valence-corrected chi connectivity index (χ0v) is 9.77. The molecule has 1 unspecified atom stereocenters. The van der Waals surface area contributed by atoms with Crippen molar-refractivity contribution in [1.82, 2.24) is 0 Å². The lowest BCUT2D eigenvalue weighted by molar-refractivity contribution is 0.263. The Morgan fingerprint density at radius 1 is 1.35 bits per heavy atom. The van der Waals surface area contributed by atoms with E-state index in [2.05, 4.69) is 0 Å². The highest BCUT2D eigenvalue weighted by Crippen LogP contribution is 2.28. The van der Waals surface area contributed by atoms with Gasteiger partial charge in [-0.05, 0) is 36.5 Å². The molecule has 2 N–H and O–H groups in total. The van der Waals surface area contributed by atoms with Crippen LogP contribution in [0.5, 0.6) is 0 Å². The van der Waals surface area contributed by atoms with Crippen LogP contribution in [0.4, 0.5) is 10.1 Å². The number of hydrogen-bond donors (Lipinski definition) is 2. The van der Waals surface area contributed by atoms with E-state index in [1.807, 2.05) is 4.90 Å². The van der Waals surface area contributed by atoms with Crippen molar-refractivity contribution in [2.45, 2.75) is 19.4 Å². The van der Waals surface area contributed by atoms with Crippen LogP contribution in [-0.4, -0.2) is 29.9 Å². The van der Waals surface area contributed by atoms with Crippen molar-refractivity contribution in [1.29, 1.82) is 0 Å². The van der Waals surface area contributed by atoms with Crippen molar-refractivity contribution >= 4 is 5.69 Å². The molecule has 94 valence electrons. The first-order valence-electron chi connectivity index (χ1n) is 5.99. The highest BCUT2D eigenvalue weighted by atomic mass is 19.1. The molecule has 3 nitrogen and oxygen atoms in total. The number of halogens is 1. The Morgan fingerprint density at radius 3 is 2.82 bits per heavy atom. The molecule has 0 saturated carbocycles. The smallest absolute Gasteiger partial charge is 0.146 e. The van der Waals surface area contributed by atoms with Gasteiger partial charge in [0.05, 0.1) is 12.3 Å². The third kappa shape index (κ3) is 2.76. The van der Waals surface area contributed by atoms with Gasteiger partial charge in [-0.25, -0.2) is 4.39 Å². The van der Waals surface area contributed by atoms with Crippen LogP contribution in [0.15, 0.2) is 18.2 Å². The number of nitrogens with zero attached hydrogens (tertiary/aromatic N) is 1. The van der Waals surface area contributed by atoms with Gasteiger partial charge in [0, 0.05) is 19.7 Å². The lowest BCUT2D eigenvalue weighted by Gasteiger charge is -2.19. The van der Waals surface area contributed by atoms with Crippen LogP contribution in [-0.2, 0) is 6.61 Å². The fraction of sp³-hybridized carbons (Fsp3) is 0.538. The van der Waals surface area contributed by atoms with Crippen LogP contribution in [0, 0.1) is 11.7 Å². The second-order valence-electron chi connectivity index (χ2n) is 4.56. The van der Waals surface area contributed by atoms with Crippen LogP contribution >= 0.6 is 0 Å². The lowest BCUT2D eigenvalue weighted by Crippen LogP contribution is -2.21. The standard InChI is InChI=1S/C13H18FNO2/c14-12-7-11(9-17)1-2-13(12)15-5-3-10(8-15)4-6-16/h1-2,7,10,16-17H,3-6,8-9H2. The molecule has 1 aromatic rings. The van der Waals surface area contributed by atoms with Gasteiger partial charge in [-0.15, -0.1) is 0 Å². The third-order valence-corrected chi connectivity index (χ3v) is 3.36. The number of hydrogen-bond acceptors (Lipinski definition) is 3. The highest BCUT2D eigenvalue weighted by molar-refractivity contribution is 5.50. The molecule has 0 aromatic heterocycles. The molecule has 0 radical (unpaired) electrons. The minimum atomic E-state index is -0.277. The van der Waals surface area contributed by atoms with Crippen LogP contribution in [0.1, 0.15) is 18.4 Å². The Hall–Kier alpha value is -1.13. The number of rotatable bonds is 4. The molecule has 0 aliphatic carbocycles. The normalized spacial score (nSPS) is 19.9. The molecule has 1 aromatic carbocycles. The predicted molar refractivity (Wildman–Crippen MR) is 64.3 cm³/mol. The second-order valence-corrected chi connectivity index (χ2v) is 4.56. The number of aliphatic hydroxyl groups is 2. The summed E-state index contributed by atoms with van der Waals surface area (Å²) in [6, 6.07) is 4.86. The Kier molecular flexibility index (Phi) is 3.97. The van der Waals surface area contributed by atoms with Gasteiger partial charge < -0.3 is 15.1 Å². The summed E-state index contributed by atoms with van der Waals surface area (Å²) in [4.78, 5) is 2.01. The summed E-state index contributed by atoms with van der Waals surface area (Å²) in [6.45, 7) is 1.70. The van der Waals surface area contributed by atoms with E-state index in [1.165, 1.54) is 6.07 Å². The summed E-state index contributed by atoms with van der Waals surface area (Å²) in [7, 11) is 0. The van der Waals surface area contributed by atoms with E-state index >= 15 is 0 Å². The van der Waals surface area contributed by atoms with Gasteiger partial charge in [0.25, 0.3) is 0 Å². The summed E-state index contributed by atoms with van der Waals surface area (Å²) >= 11 is 0. The molecule has 1 fully saturated rings. The van der Waals surface area contributed by atoms with Gasteiger partial charge in [0.1, 0.15) is 5.82 Å². The zero-order chi connectivity index (χ0) is 12.3. The van der Waals surface area contributed by atoms with Gasteiger partial charge in [-0.2, -0.15) is 0 Å². The van der Waals surface area contributed by atoms with Crippen LogP contribution in [0.2, 0.25) is 0 Å². The first kappa shape index (κ1) is 12.3. The van der Waals surface area contributed by atoms with E-state index in [-0.39, 0.29) is 19.0 Å². The predicted octanol–water partition coefficient (Wildman–Crippen LogP) is 1.53. The molecule has 1 saturated heterocycles. The number of benzene rings is 1. The summed E-state index contributed by atoms with van der Waals surface area (Å²) in [5.41, 5.74) is 1.19. The summed E-state index contributed by atoms with van der Waals surface area (Å²) in [5, 5.41) is 17.8. The topological polar surface area (TPSA) is 43.7 Å². The average molecular weight is 239 g/mol. The third-order valence-electron chi connectivity index (χ3n) is 3.36. The lowest BCUT2D eigenvalue weighted by atomic mass is 10.1. The quantitative estimate of drug-likeness (QED) is 0.837. The first-order valence-corrected chi connectivity index (χ1v) is 5.99. The molecular weight excluding hydrogens is 221 g/mol. The molecule has 4 heteroatoms. The summed E-state index contributed by atoms with van der Waals surface area (Å²) in [5.74, 6) is 0.179. The fourth-order valence-electron chi connectivity index (χ4n) is 2.37. The molecule has 1 atom stereocenters. The molecule has 2 rings (SSSR count). The van der Waals surface area contributed by atoms with Crippen LogP contribution in [0.3, 0.4) is 0 Å². The highest BCUT2D eigenvalue weighted by Gasteiger charge is 2.23. The van der Waals surface area contributed by atoms with E-state index < -0.39 is 0 Å². The van der Waals surface area contributed by atoms with Gasteiger partial charge in [-0.3, -0.25) is 0 Å². The Bertz CT molecular complexity index is 384. The Labute approximate surface area is 100 Å². The molecule has 0 bridgehead atoms. The van der Waals surface area contributed by atoms with Crippen molar-refractivity contribution in [3.8, 4) is 0 Å². The minimum absolute atomic E-state index is 0.135. The first-order chi connectivity index (χ1) is 8.24. The van der Waals surface area contributed by atoms with E-state index in [4.69, 9.17) is 10.2 Å². The van der Waals surface area contributed by atoms with Crippen molar-refractivity contribution in [2.75, 3.05) is 24.6 Å². The second kappa shape index (κ2) is 5.47. The molecule has 0 spiro atoms. The van der Waals surface area contributed by atoms with E-state index in [9.17, 15) is 4.39 Å². The summed E-state index contributed by atoms with van der Waals surface area (Å²) < 4.78 is 13.8. The summed E-state index contributed by atoms with van der Waals surface area (Å²) in [6.07, 6.45) is 1.79. The fourth-order valence-corrected chi connectivity index (χ4v) is 2.37. The van der Waals surface area contributed by atoms with Gasteiger partial charge in [0.15, 0.2) is 0 Å². The van der Waals surface area contributed by atoms with Crippen molar-refractivity contribution < 1.29 is 14.6 Å². The number of anilines is 1. The maximum atomic E-state index is 13.8. The molecule has 1 aliphatic rings. The van der Waals surface area contributed by atoms with Crippen molar-refractivity contribution in [2.24, 2.45) is 5.92 Å². The van der Waals surface area contributed by atoms with Gasteiger partial charge in [0.2, 0.25) is 0 Å². The average Bonchev–Trinajstić information content (AvgIpc) is 2.78. The molecule has 1 aliphatic heterocycles. The minimum Gasteiger partial charge on any atom is -0.396 e. The van der Waals surface area contributed by atoms with Gasteiger partial charge in [-0.1, -0.05) is 6.07 Å². The Balaban J connectivity index is 2.08. The monoisotopic (exact) mass is 239 g/mol. The van der Waals surface area contributed by atoms with Crippen molar-refractivity contribution in [3.63, 3.8) is 0 Å². The largest absolute Gasteiger partial charge is 0.396 e. The van der Waals surface area contributed by atoms with E-state index in [0.29, 0.717) is 17.2 Å².